The molecule has 1 aliphatic rings. The first-order chi connectivity index (χ1) is 8.59. The standard InChI is InChI=1S/C12H10N2O4/c15-10-3-4-11(16)14(10)9(12(17)18)6-8-2-1-5-13-7-8/h1-2,5-7H,3-4H2,(H,17,18). The Morgan fingerprint density at radius 2 is 2.00 bits per heavy atom. The number of carboxylic acids is 1. The van der Waals surface area contributed by atoms with Gasteiger partial charge in [0.25, 0.3) is 0 Å². The SMILES string of the molecule is O=C(O)C(=Cc1cccnc1)N1C(=O)CCC1=O. The van der Waals surface area contributed by atoms with Crippen molar-refractivity contribution in [3.8, 4) is 0 Å². The molecule has 1 aliphatic heterocycles. The Morgan fingerprint density at radius 3 is 2.50 bits per heavy atom. The summed E-state index contributed by atoms with van der Waals surface area (Å²) in [5.74, 6) is -2.29. The normalized spacial score (nSPS) is 16.2. The minimum Gasteiger partial charge on any atom is -0.477 e. The molecular formula is C12H10N2O4. The lowest BCUT2D eigenvalue weighted by Gasteiger charge is -2.14. The van der Waals surface area contributed by atoms with Crippen LogP contribution in [-0.2, 0) is 14.4 Å². The second kappa shape index (κ2) is 4.79. The summed E-state index contributed by atoms with van der Waals surface area (Å²) in [6.07, 6.45) is 4.36. The van der Waals surface area contributed by atoms with Crippen molar-refractivity contribution >= 4 is 23.9 Å². The van der Waals surface area contributed by atoms with Crippen LogP contribution in [0.5, 0.6) is 0 Å². The number of hydrogen-bond acceptors (Lipinski definition) is 4. The molecule has 2 heterocycles. The fourth-order valence-corrected chi connectivity index (χ4v) is 1.69. The van der Waals surface area contributed by atoms with Crippen molar-refractivity contribution in [3.63, 3.8) is 0 Å². The van der Waals surface area contributed by atoms with E-state index in [0.29, 0.717) is 5.56 Å². The van der Waals surface area contributed by atoms with Crippen LogP contribution in [0.4, 0.5) is 0 Å². The Kier molecular flexibility index (Phi) is 3.18. The lowest BCUT2D eigenvalue weighted by atomic mass is 10.2. The molecule has 1 aromatic heterocycles. The van der Waals surface area contributed by atoms with E-state index in [1.807, 2.05) is 0 Å². The molecule has 92 valence electrons. The second-order valence-electron chi connectivity index (χ2n) is 3.74. The summed E-state index contributed by atoms with van der Waals surface area (Å²) >= 11 is 0. The number of likely N-dealkylation sites (tertiary alicyclic amines) is 1. The highest BCUT2D eigenvalue weighted by atomic mass is 16.4. The van der Waals surface area contributed by atoms with Crippen molar-refractivity contribution in [3.05, 3.63) is 35.8 Å². The third-order valence-corrected chi connectivity index (χ3v) is 2.50. The average molecular weight is 246 g/mol. The number of aromatic nitrogens is 1. The summed E-state index contributed by atoms with van der Waals surface area (Å²) in [4.78, 5) is 38.7. The number of rotatable bonds is 3. The number of nitrogens with zero attached hydrogens (tertiary/aromatic N) is 2. The van der Waals surface area contributed by atoms with Gasteiger partial charge in [-0.2, -0.15) is 0 Å². The molecule has 0 atom stereocenters. The molecule has 1 saturated heterocycles. The predicted molar refractivity (Wildman–Crippen MR) is 60.9 cm³/mol. The van der Waals surface area contributed by atoms with Crippen molar-refractivity contribution in [1.29, 1.82) is 0 Å². The molecule has 0 unspecified atom stereocenters. The largest absolute Gasteiger partial charge is 0.477 e. The minimum absolute atomic E-state index is 0.0521. The van der Waals surface area contributed by atoms with Crippen molar-refractivity contribution in [2.24, 2.45) is 0 Å². The lowest BCUT2D eigenvalue weighted by Crippen LogP contribution is -2.32. The number of aliphatic carboxylic acids is 1. The summed E-state index contributed by atoms with van der Waals surface area (Å²) in [5.41, 5.74) is 0.179. The zero-order valence-electron chi connectivity index (χ0n) is 9.37. The van der Waals surface area contributed by atoms with Crippen molar-refractivity contribution < 1.29 is 19.5 Å². The highest BCUT2D eigenvalue weighted by Gasteiger charge is 2.34. The van der Waals surface area contributed by atoms with Gasteiger partial charge in [-0.1, -0.05) is 6.07 Å². The summed E-state index contributed by atoms with van der Waals surface area (Å²) in [6.45, 7) is 0. The number of carbonyl (C=O) groups is 3. The van der Waals surface area contributed by atoms with Crippen LogP contribution in [0.1, 0.15) is 18.4 Å². The molecule has 2 amide bonds. The fourth-order valence-electron chi connectivity index (χ4n) is 1.69. The summed E-state index contributed by atoms with van der Waals surface area (Å²) < 4.78 is 0. The smallest absolute Gasteiger partial charge is 0.353 e. The number of carboxylic acid groups (broad SMARTS) is 1. The van der Waals surface area contributed by atoms with Crippen LogP contribution in [0.3, 0.4) is 0 Å². The van der Waals surface area contributed by atoms with E-state index in [4.69, 9.17) is 5.11 Å². The molecule has 2 rings (SSSR count). The number of pyridine rings is 1. The maximum atomic E-state index is 11.5. The third kappa shape index (κ3) is 2.27. The Hall–Kier alpha value is -2.50. The number of amides is 2. The number of carbonyl (C=O) groups excluding carboxylic acids is 2. The van der Waals surface area contributed by atoms with E-state index in [9.17, 15) is 14.4 Å². The van der Waals surface area contributed by atoms with Crippen LogP contribution in [-0.4, -0.2) is 32.8 Å². The van der Waals surface area contributed by atoms with E-state index in [1.54, 1.807) is 18.3 Å². The molecule has 0 saturated carbocycles. The summed E-state index contributed by atoms with van der Waals surface area (Å²) in [7, 11) is 0. The van der Waals surface area contributed by atoms with Gasteiger partial charge in [0.2, 0.25) is 11.8 Å². The molecule has 6 heteroatoms. The van der Waals surface area contributed by atoms with E-state index in [2.05, 4.69) is 4.98 Å². The van der Waals surface area contributed by atoms with Gasteiger partial charge in [0, 0.05) is 25.2 Å². The van der Waals surface area contributed by atoms with E-state index in [1.165, 1.54) is 12.3 Å². The van der Waals surface area contributed by atoms with Gasteiger partial charge >= 0.3 is 5.97 Å². The van der Waals surface area contributed by atoms with E-state index >= 15 is 0 Å². The number of imide groups is 1. The summed E-state index contributed by atoms with van der Waals surface area (Å²) in [6, 6.07) is 3.28. The van der Waals surface area contributed by atoms with Crippen molar-refractivity contribution in [2.75, 3.05) is 0 Å². The maximum Gasteiger partial charge on any atom is 0.353 e. The maximum absolute atomic E-state index is 11.5. The molecule has 0 bridgehead atoms. The quantitative estimate of drug-likeness (QED) is 0.625. The average Bonchev–Trinajstić information content (AvgIpc) is 2.67. The van der Waals surface area contributed by atoms with Crippen LogP contribution in [0.2, 0.25) is 0 Å². The van der Waals surface area contributed by atoms with Crippen molar-refractivity contribution in [2.45, 2.75) is 12.8 Å². The molecule has 0 radical (unpaired) electrons. The first-order valence-corrected chi connectivity index (χ1v) is 5.30. The molecular weight excluding hydrogens is 236 g/mol. The van der Waals surface area contributed by atoms with E-state index in [0.717, 1.165) is 4.90 Å². The molecule has 0 aromatic carbocycles. The first-order valence-electron chi connectivity index (χ1n) is 5.30. The molecule has 1 aromatic rings. The Balaban J connectivity index is 2.41. The fraction of sp³-hybridized carbons (Fsp3) is 0.167. The zero-order valence-corrected chi connectivity index (χ0v) is 9.37. The van der Waals surface area contributed by atoms with Gasteiger partial charge in [-0.15, -0.1) is 0 Å². The molecule has 0 spiro atoms. The van der Waals surface area contributed by atoms with Gasteiger partial charge in [-0.25, -0.2) is 9.69 Å². The molecule has 1 N–H and O–H groups in total. The van der Waals surface area contributed by atoms with Gasteiger partial charge in [0.15, 0.2) is 0 Å². The first kappa shape index (κ1) is 12.0. The monoisotopic (exact) mass is 246 g/mol. The molecule has 18 heavy (non-hydrogen) atoms. The van der Waals surface area contributed by atoms with Crippen LogP contribution in [0, 0.1) is 0 Å². The highest BCUT2D eigenvalue weighted by Crippen LogP contribution is 2.20. The summed E-state index contributed by atoms with van der Waals surface area (Å²) in [5, 5.41) is 9.10. The van der Waals surface area contributed by atoms with Gasteiger partial charge in [-0.05, 0) is 17.7 Å². The number of hydrogen-bond donors (Lipinski definition) is 1. The second-order valence-corrected chi connectivity index (χ2v) is 3.74. The third-order valence-electron chi connectivity index (χ3n) is 2.50. The zero-order chi connectivity index (χ0) is 13.1. The van der Waals surface area contributed by atoms with E-state index < -0.39 is 17.8 Å². The van der Waals surface area contributed by atoms with Gasteiger partial charge in [-0.3, -0.25) is 14.6 Å². The molecule has 1 fully saturated rings. The predicted octanol–water partition coefficient (Wildman–Crippen LogP) is 0.656. The Morgan fingerprint density at radius 1 is 1.33 bits per heavy atom. The van der Waals surface area contributed by atoms with Gasteiger partial charge in [0.05, 0.1) is 0 Å². The van der Waals surface area contributed by atoms with Crippen LogP contribution < -0.4 is 0 Å². The minimum atomic E-state index is -1.32. The van der Waals surface area contributed by atoms with Gasteiger partial charge < -0.3 is 5.11 Å². The topological polar surface area (TPSA) is 87.6 Å². The van der Waals surface area contributed by atoms with Crippen LogP contribution in [0.25, 0.3) is 6.08 Å². The Bertz CT molecular complexity index is 520. The van der Waals surface area contributed by atoms with Gasteiger partial charge in [0.1, 0.15) is 5.70 Å². The molecule has 6 nitrogen and oxygen atoms in total. The lowest BCUT2D eigenvalue weighted by molar-refractivity contribution is -0.143. The van der Waals surface area contributed by atoms with Crippen LogP contribution >= 0.6 is 0 Å². The van der Waals surface area contributed by atoms with Crippen molar-refractivity contribution in [1.82, 2.24) is 9.88 Å². The molecule has 0 aliphatic carbocycles. The highest BCUT2D eigenvalue weighted by molar-refractivity contribution is 6.10. The van der Waals surface area contributed by atoms with E-state index in [-0.39, 0.29) is 18.5 Å². The Labute approximate surface area is 103 Å². The van der Waals surface area contributed by atoms with Crippen LogP contribution in [0.15, 0.2) is 30.2 Å².